The standard InChI is InChI=1S/C31H29ClN4O5/c1-31(2,3)41-28(37)12-22-17-36(30(39)40)27-7-5-18(10-23(22)27)8-20-9-21(15-33-13-20)29(38)35-14-19-4-6-26-24(11-19)25(32)16-34-26/h4-7,9-11,13,15-17,34H,8,12,14H2,1-3H3,(H,35,38)(H,39,40). The summed E-state index contributed by atoms with van der Waals surface area (Å²) in [4.78, 5) is 44.6. The first-order valence-electron chi connectivity index (χ1n) is 13.0. The number of amides is 1. The van der Waals surface area contributed by atoms with Crippen LogP contribution in [0.3, 0.4) is 0 Å². The van der Waals surface area contributed by atoms with Crippen molar-refractivity contribution in [2.75, 3.05) is 0 Å². The number of halogens is 1. The van der Waals surface area contributed by atoms with E-state index in [1.807, 2.05) is 30.3 Å². The van der Waals surface area contributed by atoms with Crippen molar-refractivity contribution in [3.05, 3.63) is 100 Å². The van der Waals surface area contributed by atoms with Crippen LogP contribution in [0.1, 0.15) is 53.4 Å². The molecule has 0 aliphatic heterocycles. The minimum atomic E-state index is -1.14. The second-order valence-electron chi connectivity index (χ2n) is 10.9. The van der Waals surface area contributed by atoms with Gasteiger partial charge in [0.05, 0.1) is 22.5 Å². The predicted molar refractivity (Wildman–Crippen MR) is 156 cm³/mol. The van der Waals surface area contributed by atoms with Gasteiger partial charge in [0.2, 0.25) is 0 Å². The van der Waals surface area contributed by atoms with Crippen LogP contribution >= 0.6 is 11.6 Å². The van der Waals surface area contributed by atoms with Gasteiger partial charge in [-0.05, 0) is 79.8 Å². The third-order valence-corrected chi connectivity index (χ3v) is 6.84. The molecule has 0 unspecified atom stereocenters. The molecule has 3 N–H and O–H groups in total. The average Bonchev–Trinajstić information content (AvgIpc) is 3.46. The Balaban J connectivity index is 1.33. The maximum Gasteiger partial charge on any atom is 0.416 e. The van der Waals surface area contributed by atoms with E-state index in [1.54, 1.807) is 45.3 Å². The zero-order valence-corrected chi connectivity index (χ0v) is 23.6. The van der Waals surface area contributed by atoms with Gasteiger partial charge in [0.15, 0.2) is 0 Å². The summed E-state index contributed by atoms with van der Waals surface area (Å²) >= 11 is 6.21. The number of ether oxygens (including phenoxy) is 1. The summed E-state index contributed by atoms with van der Waals surface area (Å²) in [6.45, 7) is 5.68. The van der Waals surface area contributed by atoms with Gasteiger partial charge in [-0.25, -0.2) is 4.79 Å². The topological polar surface area (TPSA) is 126 Å². The van der Waals surface area contributed by atoms with Crippen molar-refractivity contribution in [2.24, 2.45) is 0 Å². The highest BCUT2D eigenvalue weighted by atomic mass is 35.5. The maximum absolute atomic E-state index is 12.9. The number of carbonyl (C=O) groups is 3. The molecule has 0 fully saturated rings. The van der Waals surface area contributed by atoms with Crippen molar-refractivity contribution in [1.29, 1.82) is 0 Å². The van der Waals surface area contributed by atoms with Gasteiger partial charge < -0.3 is 20.1 Å². The van der Waals surface area contributed by atoms with Gasteiger partial charge in [0.25, 0.3) is 5.91 Å². The molecule has 0 radical (unpaired) electrons. The number of carboxylic acid groups (broad SMARTS) is 1. The number of rotatable bonds is 7. The van der Waals surface area contributed by atoms with Crippen LogP contribution < -0.4 is 5.32 Å². The van der Waals surface area contributed by atoms with E-state index in [-0.39, 0.29) is 12.3 Å². The molecule has 5 aromatic rings. The van der Waals surface area contributed by atoms with Crippen LogP contribution in [0.25, 0.3) is 21.8 Å². The molecular formula is C31H29ClN4O5. The van der Waals surface area contributed by atoms with E-state index in [9.17, 15) is 19.5 Å². The average molecular weight is 573 g/mol. The second kappa shape index (κ2) is 11.1. The number of hydrogen-bond donors (Lipinski definition) is 3. The molecule has 0 atom stereocenters. The van der Waals surface area contributed by atoms with E-state index in [2.05, 4.69) is 15.3 Å². The van der Waals surface area contributed by atoms with Crippen molar-refractivity contribution in [2.45, 2.75) is 45.8 Å². The number of hydrogen-bond acceptors (Lipinski definition) is 5. The number of nitrogens with one attached hydrogen (secondary N) is 2. The Kier molecular flexibility index (Phi) is 7.55. The van der Waals surface area contributed by atoms with Crippen LogP contribution in [0.4, 0.5) is 4.79 Å². The zero-order valence-electron chi connectivity index (χ0n) is 22.8. The molecule has 0 spiro atoms. The fraction of sp³-hybridized carbons (Fsp3) is 0.226. The van der Waals surface area contributed by atoms with Crippen molar-refractivity contribution < 1.29 is 24.2 Å². The fourth-order valence-electron chi connectivity index (χ4n) is 4.76. The van der Waals surface area contributed by atoms with Gasteiger partial charge in [0, 0.05) is 47.6 Å². The lowest BCUT2D eigenvalue weighted by Gasteiger charge is -2.19. The number of H-pyrrole nitrogens is 1. The van der Waals surface area contributed by atoms with Gasteiger partial charge in [-0.3, -0.25) is 19.1 Å². The third kappa shape index (κ3) is 6.41. The van der Waals surface area contributed by atoms with Gasteiger partial charge in [0.1, 0.15) is 5.60 Å². The monoisotopic (exact) mass is 572 g/mol. The first-order valence-corrected chi connectivity index (χ1v) is 13.4. The molecule has 0 aliphatic rings. The minimum absolute atomic E-state index is 0.0576. The molecule has 5 rings (SSSR count). The van der Waals surface area contributed by atoms with E-state index in [4.69, 9.17) is 16.3 Å². The van der Waals surface area contributed by atoms with Crippen molar-refractivity contribution >= 4 is 51.4 Å². The van der Waals surface area contributed by atoms with Gasteiger partial charge >= 0.3 is 12.1 Å². The molecule has 10 heteroatoms. The summed E-state index contributed by atoms with van der Waals surface area (Å²) in [7, 11) is 0. The molecular weight excluding hydrogens is 544 g/mol. The quantitative estimate of drug-likeness (QED) is 0.202. The van der Waals surface area contributed by atoms with Crippen LogP contribution in [-0.4, -0.2) is 43.2 Å². The first-order chi connectivity index (χ1) is 19.5. The molecule has 0 bridgehead atoms. The highest BCUT2D eigenvalue weighted by Crippen LogP contribution is 2.26. The van der Waals surface area contributed by atoms with E-state index >= 15 is 0 Å². The van der Waals surface area contributed by atoms with Crippen molar-refractivity contribution in [1.82, 2.24) is 19.9 Å². The minimum Gasteiger partial charge on any atom is -0.464 e. The summed E-state index contributed by atoms with van der Waals surface area (Å²) in [5.74, 6) is -0.695. The lowest BCUT2D eigenvalue weighted by Crippen LogP contribution is -2.24. The Hall–Kier alpha value is -4.63. The molecule has 1 amide bonds. The highest BCUT2D eigenvalue weighted by molar-refractivity contribution is 6.35. The Morgan fingerprint density at radius 2 is 1.78 bits per heavy atom. The van der Waals surface area contributed by atoms with E-state index in [0.29, 0.717) is 40.0 Å². The number of esters is 1. The number of fused-ring (bicyclic) bond motifs is 2. The lowest BCUT2D eigenvalue weighted by molar-refractivity contribution is -0.153. The SMILES string of the molecule is CC(C)(C)OC(=O)Cc1cn(C(=O)O)c2ccc(Cc3cncc(C(=O)NCc4ccc5[nH]cc(Cl)c5c4)c3)cc12. The van der Waals surface area contributed by atoms with Crippen LogP contribution in [0.15, 0.2) is 67.3 Å². The lowest BCUT2D eigenvalue weighted by atomic mass is 10.0. The zero-order chi connectivity index (χ0) is 29.3. The third-order valence-electron chi connectivity index (χ3n) is 6.53. The van der Waals surface area contributed by atoms with Crippen LogP contribution in [0, 0.1) is 0 Å². The van der Waals surface area contributed by atoms with Crippen molar-refractivity contribution in [3.8, 4) is 0 Å². The Labute approximate surface area is 241 Å². The second-order valence-corrected chi connectivity index (χ2v) is 11.3. The highest BCUT2D eigenvalue weighted by Gasteiger charge is 2.20. The van der Waals surface area contributed by atoms with Crippen LogP contribution in [0.5, 0.6) is 0 Å². The summed E-state index contributed by atoms with van der Waals surface area (Å²) in [5.41, 5.74) is 4.34. The van der Waals surface area contributed by atoms with Gasteiger partial charge in [-0.15, -0.1) is 0 Å². The molecule has 9 nitrogen and oxygen atoms in total. The molecule has 3 heterocycles. The van der Waals surface area contributed by atoms with Crippen LogP contribution in [0.2, 0.25) is 5.02 Å². The molecule has 2 aromatic carbocycles. The Morgan fingerprint density at radius 3 is 2.54 bits per heavy atom. The number of pyridine rings is 1. The normalized spacial score (nSPS) is 11.6. The van der Waals surface area contributed by atoms with E-state index in [0.717, 1.165) is 32.2 Å². The first kappa shape index (κ1) is 27.9. The largest absolute Gasteiger partial charge is 0.464 e. The predicted octanol–water partition coefficient (Wildman–Crippen LogP) is 6.10. The number of carbonyl (C=O) groups excluding carboxylic acids is 2. The molecule has 0 saturated carbocycles. The molecule has 0 aliphatic carbocycles. The van der Waals surface area contributed by atoms with Gasteiger partial charge in [-0.2, -0.15) is 0 Å². The summed E-state index contributed by atoms with van der Waals surface area (Å²) in [5, 5.41) is 14.8. The molecule has 0 saturated heterocycles. The maximum atomic E-state index is 12.9. The summed E-state index contributed by atoms with van der Waals surface area (Å²) < 4.78 is 6.55. The molecule has 210 valence electrons. The van der Waals surface area contributed by atoms with Crippen LogP contribution in [-0.2, 0) is 28.9 Å². The number of aromatic nitrogens is 3. The van der Waals surface area contributed by atoms with Gasteiger partial charge in [-0.1, -0.05) is 23.7 Å². The Morgan fingerprint density at radius 1 is 1.02 bits per heavy atom. The number of benzene rings is 2. The summed E-state index contributed by atoms with van der Waals surface area (Å²) in [6, 6.07) is 13.0. The smallest absolute Gasteiger partial charge is 0.416 e. The fourth-order valence-corrected chi connectivity index (χ4v) is 4.97. The Bertz CT molecular complexity index is 1800. The molecule has 41 heavy (non-hydrogen) atoms. The molecule has 3 aromatic heterocycles. The van der Waals surface area contributed by atoms with E-state index < -0.39 is 17.7 Å². The number of aromatic amines is 1. The number of nitrogens with zero attached hydrogens (tertiary/aromatic N) is 2. The van der Waals surface area contributed by atoms with Crippen molar-refractivity contribution in [3.63, 3.8) is 0 Å². The van der Waals surface area contributed by atoms with E-state index in [1.165, 1.54) is 12.4 Å². The summed E-state index contributed by atoms with van der Waals surface area (Å²) in [6.07, 6.45) is 5.64.